The SMILES string of the molecule is O=C(O)N1CC(c2ccccc2)C(c2ccccc2)=N1. The first-order valence-corrected chi connectivity index (χ1v) is 6.45. The third-order valence-corrected chi connectivity index (χ3v) is 3.41. The predicted molar refractivity (Wildman–Crippen MR) is 76.9 cm³/mol. The van der Waals surface area contributed by atoms with E-state index in [0.717, 1.165) is 21.8 Å². The van der Waals surface area contributed by atoms with Gasteiger partial charge in [-0.1, -0.05) is 60.7 Å². The third-order valence-electron chi connectivity index (χ3n) is 3.41. The van der Waals surface area contributed by atoms with Gasteiger partial charge < -0.3 is 5.11 Å². The molecule has 1 aliphatic heterocycles. The largest absolute Gasteiger partial charge is 0.464 e. The van der Waals surface area contributed by atoms with Gasteiger partial charge in [-0.05, 0) is 11.1 Å². The Kier molecular flexibility index (Phi) is 3.21. The number of nitrogens with zero attached hydrogens (tertiary/aromatic N) is 2. The van der Waals surface area contributed by atoms with Gasteiger partial charge in [0, 0.05) is 5.92 Å². The van der Waals surface area contributed by atoms with Crippen LogP contribution in [0.15, 0.2) is 65.8 Å². The van der Waals surface area contributed by atoms with Crippen LogP contribution in [0.1, 0.15) is 17.0 Å². The number of benzene rings is 2. The molecule has 1 atom stereocenters. The third kappa shape index (κ3) is 2.28. The highest BCUT2D eigenvalue weighted by Crippen LogP contribution is 2.28. The number of carboxylic acid groups (broad SMARTS) is 1. The highest BCUT2D eigenvalue weighted by Gasteiger charge is 2.31. The second-order valence-corrected chi connectivity index (χ2v) is 4.68. The predicted octanol–water partition coefficient (Wildman–Crippen LogP) is 3.17. The van der Waals surface area contributed by atoms with Crippen LogP contribution in [0, 0.1) is 0 Å². The average molecular weight is 266 g/mol. The Morgan fingerprint density at radius 3 is 2.25 bits per heavy atom. The molecule has 2 aromatic carbocycles. The first kappa shape index (κ1) is 12.4. The van der Waals surface area contributed by atoms with Crippen molar-refractivity contribution in [2.45, 2.75) is 5.92 Å². The highest BCUT2D eigenvalue weighted by atomic mass is 16.4. The van der Waals surface area contributed by atoms with Gasteiger partial charge in [-0.3, -0.25) is 0 Å². The van der Waals surface area contributed by atoms with Crippen LogP contribution >= 0.6 is 0 Å². The summed E-state index contributed by atoms with van der Waals surface area (Å²) in [6.45, 7) is 0.365. The minimum absolute atomic E-state index is 0.0188. The molecule has 1 unspecified atom stereocenters. The van der Waals surface area contributed by atoms with E-state index in [-0.39, 0.29) is 5.92 Å². The van der Waals surface area contributed by atoms with Crippen molar-refractivity contribution in [1.82, 2.24) is 5.01 Å². The minimum Gasteiger partial charge on any atom is -0.464 e. The lowest BCUT2D eigenvalue weighted by atomic mass is 9.91. The van der Waals surface area contributed by atoms with E-state index in [4.69, 9.17) is 5.11 Å². The van der Waals surface area contributed by atoms with E-state index in [1.54, 1.807) is 0 Å². The van der Waals surface area contributed by atoms with Crippen molar-refractivity contribution in [3.63, 3.8) is 0 Å². The molecule has 0 spiro atoms. The van der Waals surface area contributed by atoms with Crippen molar-refractivity contribution >= 4 is 11.8 Å². The number of carbonyl (C=O) groups is 1. The maximum atomic E-state index is 11.2. The van der Waals surface area contributed by atoms with E-state index in [1.807, 2.05) is 60.7 Å². The molecule has 0 fully saturated rings. The second kappa shape index (κ2) is 5.17. The zero-order valence-electron chi connectivity index (χ0n) is 10.8. The molecule has 1 amide bonds. The number of hydrogen-bond acceptors (Lipinski definition) is 2. The summed E-state index contributed by atoms with van der Waals surface area (Å²) >= 11 is 0. The van der Waals surface area contributed by atoms with Crippen LogP contribution in [0.5, 0.6) is 0 Å². The van der Waals surface area contributed by atoms with Crippen molar-refractivity contribution < 1.29 is 9.90 Å². The Morgan fingerprint density at radius 2 is 1.65 bits per heavy atom. The summed E-state index contributed by atoms with van der Waals surface area (Å²) in [5, 5.41) is 14.5. The topological polar surface area (TPSA) is 52.9 Å². The lowest BCUT2D eigenvalue weighted by molar-refractivity contribution is 0.151. The second-order valence-electron chi connectivity index (χ2n) is 4.68. The molecule has 0 aliphatic carbocycles. The molecule has 0 saturated carbocycles. The van der Waals surface area contributed by atoms with E-state index in [1.165, 1.54) is 0 Å². The monoisotopic (exact) mass is 266 g/mol. The molecule has 1 aliphatic rings. The number of amides is 1. The van der Waals surface area contributed by atoms with Gasteiger partial charge in [-0.15, -0.1) is 0 Å². The van der Waals surface area contributed by atoms with Gasteiger partial charge in [0.25, 0.3) is 0 Å². The van der Waals surface area contributed by atoms with Crippen LogP contribution in [0.2, 0.25) is 0 Å². The molecule has 0 bridgehead atoms. The minimum atomic E-state index is -1.02. The molecule has 100 valence electrons. The summed E-state index contributed by atoms with van der Waals surface area (Å²) in [5.41, 5.74) is 2.85. The van der Waals surface area contributed by atoms with Gasteiger partial charge in [0.1, 0.15) is 0 Å². The van der Waals surface area contributed by atoms with Crippen molar-refractivity contribution in [2.24, 2.45) is 5.10 Å². The quantitative estimate of drug-likeness (QED) is 0.907. The Bertz CT molecular complexity index is 638. The number of hydrogen-bond donors (Lipinski definition) is 1. The van der Waals surface area contributed by atoms with Gasteiger partial charge >= 0.3 is 6.09 Å². The molecular weight excluding hydrogens is 252 g/mol. The van der Waals surface area contributed by atoms with E-state index >= 15 is 0 Å². The van der Waals surface area contributed by atoms with Crippen molar-refractivity contribution in [2.75, 3.05) is 6.54 Å². The lowest BCUT2D eigenvalue weighted by Gasteiger charge is -2.13. The number of rotatable bonds is 2. The first-order valence-electron chi connectivity index (χ1n) is 6.45. The van der Waals surface area contributed by atoms with Crippen molar-refractivity contribution in [3.8, 4) is 0 Å². The molecule has 0 aromatic heterocycles. The van der Waals surface area contributed by atoms with E-state index in [0.29, 0.717) is 6.54 Å². The van der Waals surface area contributed by atoms with E-state index in [2.05, 4.69) is 5.10 Å². The summed E-state index contributed by atoms with van der Waals surface area (Å²) in [7, 11) is 0. The Hall–Kier alpha value is -2.62. The average Bonchev–Trinajstić information content (AvgIpc) is 2.94. The molecule has 1 N–H and O–H groups in total. The van der Waals surface area contributed by atoms with Gasteiger partial charge in [-0.25, -0.2) is 4.79 Å². The first-order chi connectivity index (χ1) is 9.75. The summed E-state index contributed by atoms with van der Waals surface area (Å²) in [6, 6.07) is 19.6. The van der Waals surface area contributed by atoms with Gasteiger partial charge in [0.15, 0.2) is 0 Å². The fraction of sp³-hybridized carbons (Fsp3) is 0.125. The van der Waals surface area contributed by atoms with Gasteiger partial charge in [-0.2, -0.15) is 10.1 Å². The molecule has 2 aromatic rings. The standard InChI is InChI=1S/C16H14N2O2/c19-16(20)18-11-14(12-7-3-1-4-8-12)15(17-18)13-9-5-2-6-10-13/h1-10,14H,11H2,(H,19,20). The smallest absolute Gasteiger partial charge is 0.427 e. The summed E-state index contributed by atoms with van der Waals surface area (Å²) in [6.07, 6.45) is -1.02. The van der Waals surface area contributed by atoms with Crippen LogP contribution in [0.4, 0.5) is 4.79 Å². The van der Waals surface area contributed by atoms with Crippen LogP contribution in [-0.4, -0.2) is 28.5 Å². The van der Waals surface area contributed by atoms with E-state index < -0.39 is 6.09 Å². The number of hydrazone groups is 1. The molecule has 4 heteroatoms. The maximum Gasteiger partial charge on any atom is 0.427 e. The molecule has 3 rings (SSSR count). The summed E-state index contributed by atoms with van der Waals surface area (Å²) < 4.78 is 0. The summed E-state index contributed by atoms with van der Waals surface area (Å²) in [4.78, 5) is 11.2. The Balaban J connectivity index is 2.02. The normalized spacial score (nSPS) is 17.9. The van der Waals surface area contributed by atoms with Crippen LogP contribution < -0.4 is 0 Å². The Labute approximate surface area is 117 Å². The van der Waals surface area contributed by atoms with Crippen LogP contribution in [0.25, 0.3) is 0 Å². The maximum absolute atomic E-state index is 11.2. The zero-order chi connectivity index (χ0) is 13.9. The van der Waals surface area contributed by atoms with Gasteiger partial charge in [0.2, 0.25) is 0 Å². The zero-order valence-corrected chi connectivity index (χ0v) is 10.8. The van der Waals surface area contributed by atoms with Crippen molar-refractivity contribution in [3.05, 3.63) is 71.8 Å². The molecule has 1 heterocycles. The molecule has 0 saturated heterocycles. The summed E-state index contributed by atoms with van der Waals surface area (Å²) in [5.74, 6) is -0.0188. The van der Waals surface area contributed by atoms with E-state index in [9.17, 15) is 4.79 Å². The molecule has 0 radical (unpaired) electrons. The van der Waals surface area contributed by atoms with Crippen molar-refractivity contribution in [1.29, 1.82) is 0 Å². The fourth-order valence-electron chi connectivity index (χ4n) is 2.44. The molecule has 20 heavy (non-hydrogen) atoms. The Morgan fingerprint density at radius 1 is 1.05 bits per heavy atom. The lowest BCUT2D eigenvalue weighted by Crippen LogP contribution is -2.23. The fourth-order valence-corrected chi connectivity index (χ4v) is 2.44. The molecule has 4 nitrogen and oxygen atoms in total. The highest BCUT2D eigenvalue weighted by molar-refractivity contribution is 6.06. The van der Waals surface area contributed by atoms with Crippen LogP contribution in [-0.2, 0) is 0 Å². The molecular formula is C16H14N2O2. The van der Waals surface area contributed by atoms with Gasteiger partial charge in [0.05, 0.1) is 12.3 Å². The van der Waals surface area contributed by atoms with Crippen LogP contribution in [0.3, 0.4) is 0 Å².